The summed E-state index contributed by atoms with van der Waals surface area (Å²) < 4.78 is 66.6. The van der Waals surface area contributed by atoms with E-state index in [4.69, 9.17) is 4.74 Å². The lowest BCUT2D eigenvalue weighted by atomic mass is 10.2. The predicted octanol–water partition coefficient (Wildman–Crippen LogP) is 2.06. The Labute approximate surface area is 96.1 Å². The van der Waals surface area contributed by atoms with Gasteiger partial charge in [0, 0.05) is 12.7 Å². The van der Waals surface area contributed by atoms with Crippen LogP contribution in [-0.2, 0) is 21.5 Å². The van der Waals surface area contributed by atoms with Gasteiger partial charge in [-0.2, -0.15) is 21.6 Å². The molecule has 0 saturated heterocycles. The Hall–Kier alpha value is -1.28. The number of ether oxygens (including phenoxy) is 1. The smallest absolute Gasteiger partial charge is 0.380 e. The van der Waals surface area contributed by atoms with Crippen LogP contribution in [0.3, 0.4) is 0 Å². The van der Waals surface area contributed by atoms with Gasteiger partial charge >= 0.3 is 15.6 Å². The van der Waals surface area contributed by atoms with E-state index in [1.165, 1.54) is 25.3 Å². The average Bonchev–Trinajstić information content (AvgIpc) is 2.19. The van der Waals surface area contributed by atoms with E-state index in [0.717, 1.165) is 6.07 Å². The van der Waals surface area contributed by atoms with Gasteiger partial charge in [-0.25, -0.2) is 0 Å². The molecule has 0 aliphatic heterocycles. The van der Waals surface area contributed by atoms with Crippen LogP contribution >= 0.6 is 0 Å². The normalized spacial score (nSPS) is 12.5. The highest BCUT2D eigenvalue weighted by Gasteiger charge is 2.48. The maximum atomic E-state index is 12.1. The van der Waals surface area contributed by atoms with E-state index in [0.29, 0.717) is 0 Å². The zero-order valence-corrected chi connectivity index (χ0v) is 9.51. The minimum Gasteiger partial charge on any atom is -0.380 e. The van der Waals surface area contributed by atoms with Crippen molar-refractivity contribution in [2.24, 2.45) is 0 Å². The second kappa shape index (κ2) is 4.92. The third-order valence-electron chi connectivity index (χ3n) is 1.76. The van der Waals surface area contributed by atoms with E-state index < -0.39 is 21.4 Å². The standard InChI is InChI=1S/C9H9F3O4S/c1-15-6-7-4-2-3-5-8(7)16-17(13,14)9(10,11)12/h2-5H,6H2,1H3. The van der Waals surface area contributed by atoms with Gasteiger partial charge in [0.25, 0.3) is 0 Å². The Balaban J connectivity index is 3.04. The van der Waals surface area contributed by atoms with E-state index in [-0.39, 0.29) is 12.2 Å². The molecule has 0 radical (unpaired) electrons. The van der Waals surface area contributed by atoms with E-state index in [9.17, 15) is 21.6 Å². The Kier molecular flexibility index (Phi) is 3.99. The monoisotopic (exact) mass is 270 g/mol. The third kappa shape index (κ3) is 3.34. The summed E-state index contributed by atoms with van der Waals surface area (Å²) in [5.41, 5.74) is -5.24. The SMILES string of the molecule is COCc1ccccc1OS(=O)(=O)C(F)(F)F. The molecule has 4 nitrogen and oxygen atoms in total. The highest BCUT2D eigenvalue weighted by Crippen LogP contribution is 2.28. The molecule has 0 N–H and O–H groups in total. The molecule has 0 unspecified atom stereocenters. The number of para-hydroxylation sites is 1. The fourth-order valence-corrected chi connectivity index (χ4v) is 1.52. The van der Waals surface area contributed by atoms with Crippen molar-refractivity contribution in [3.05, 3.63) is 29.8 Å². The van der Waals surface area contributed by atoms with Gasteiger partial charge in [-0.3, -0.25) is 0 Å². The maximum Gasteiger partial charge on any atom is 0.534 e. The van der Waals surface area contributed by atoms with Gasteiger partial charge in [0.05, 0.1) is 6.61 Å². The second-order valence-electron chi connectivity index (χ2n) is 3.02. The molecule has 8 heteroatoms. The molecule has 96 valence electrons. The lowest BCUT2D eigenvalue weighted by Gasteiger charge is -2.12. The van der Waals surface area contributed by atoms with Crippen LogP contribution in [0.25, 0.3) is 0 Å². The first-order valence-electron chi connectivity index (χ1n) is 4.35. The van der Waals surface area contributed by atoms with Gasteiger partial charge in [0.1, 0.15) is 5.75 Å². The van der Waals surface area contributed by atoms with Crippen molar-refractivity contribution in [2.45, 2.75) is 12.1 Å². The van der Waals surface area contributed by atoms with Crippen LogP contribution in [0, 0.1) is 0 Å². The van der Waals surface area contributed by atoms with Gasteiger partial charge in [0.2, 0.25) is 0 Å². The summed E-state index contributed by atoms with van der Waals surface area (Å²) in [7, 11) is -4.32. The van der Waals surface area contributed by atoms with E-state index in [2.05, 4.69) is 4.18 Å². The molecule has 17 heavy (non-hydrogen) atoms. The summed E-state index contributed by atoms with van der Waals surface area (Å²) in [6.07, 6.45) is 0. The molecule has 0 aliphatic rings. The van der Waals surface area contributed by atoms with Gasteiger partial charge in [-0.15, -0.1) is 0 Å². The van der Waals surface area contributed by atoms with Crippen molar-refractivity contribution in [3.63, 3.8) is 0 Å². The minimum atomic E-state index is -5.65. The lowest BCUT2D eigenvalue weighted by molar-refractivity contribution is -0.0500. The maximum absolute atomic E-state index is 12.1. The van der Waals surface area contributed by atoms with Crippen LogP contribution in [0.5, 0.6) is 5.75 Å². The van der Waals surface area contributed by atoms with Gasteiger partial charge in [-0.05, 0) is 6.07 Å². The van der Waals surface area contributed by atoms with Gasteiger partial charge in [-0.1, -0.05) is 18.2 Å². The third-order valence-corrected chi connectivity index (χ3v) is 2.72. The van der Waals surface area contributed by atoms with Crippen molar-refractivity contribution < 1.29 is 30.5 Å². The Morgan fingerprint density at radius 3 is 2.35 bits per heavy atom. The average molecular weight is 270 g/mol. The van der Waals surface area contributed by atoms with Crippen LogP contribution in [0.15, 0.2) is 24.3 Å². The summed E-state index contributed by atoms with van der Waals surface area (Å²) >= 11 is 0. The molecule has 0 amide bonds. The Morgan fingerprint density at radius 1 is 1.24 bits per heavy atom. The quantitative estimate of drug-likeness (QED) is 0.620. The topological polar surface area (TPSA) is 52.6 Å². The van der Waals surface area contributed by atoms with Crippen LogP contribution in [-0.4, -0.2) is 21.0 Å². The Bertz CT molecular complexity index is 481. The van der Waals surface area contributed by atoms with E-state index in [1.807, 2.05) is 0 Å². The molecule has 0 bridgehead atoms. The zero-order valence-electron chi connectivity index (χ0n) is 8.69. The molecule has 0 heterocycles. The molecule has 0 saturated carbocycles. The first-order chi connectivity index (χ1) is 7.78. The number of rotatable bonds is 4. The van der Waals surface area contributed by atoms with Crippen LogP contribution in [0.2, 0.25) is 0 Å². The molecular weight excluding hydrogens is 261 g/mol. The van der Waals surface area contributed by atoms with E-state index >= 15 is 0 Å². The largest absolute Gasteiger partial charge is 0.534 e. The molecule has 1 rings (SSSR count). The van der Waals surface area contributed by atoms with Crippen molar-refractivity contribution in [3.8, 4) is 5.75 Å². The van der Waals surface area contributed by atoms with Crippen molar-refractivity contribution >= 4 is 10.1 Å². The summed E-state index contributed by atoms with van der Waals surface area (Å²) in [5.74, 6) is -0.397. The number of hydrogen-bond acceptors (Lipinski definition) is 4. The van der Waals surface area contributed by atoms with Crippen LogP contribution in [0.4, 0.5) is 13.2 Å². The number of methoxy groups -OCH3 is 1. The molecule has 0 aliphatic carbocycles. The molecule has 1 aromatic rings. The lowest BCUT2D eigenvalue weighted by Crippen LogP contribution is -2.28. The summed E-state index contributed by atoms with van der Waals surface area (Å²) in [4.78, 5) is 0. The fourth-order valence-electron chi connectivity index (χ4n) is 1.03. The van der Waals surface area contributed by atoms with Gasteiger partial charge < -0.3 is 8.92 Å². The Morgan fingerprint density at radius 2 is 1.82 bits per heavy atom. The summed E-state index contributed by atoms with van der Waals surface area (Å²) in [6, 6.07) is 5.42. The van der Waals surface area contributed by atoms with Crippen molar-refractivity contribution in [1.29, 1.82) is 0 Å². The molecule has 0 spiro atoms. The molecular formula is C9H9F3O4S. The highest BCUT2D eigenvalue weighted by atomic mass is 32.2. The predicted molar refractivity (Wildman–Crippen MR) is 52.8 cm³/mol. The van der Waals surface area contributed by atoms with Gasteiger partial charge in [0.15, 0.2) is 0 Å². The van der Waals surface area contributed by atoms with Crippen LogP contribution in [0.1, 0.15) is 5.56 Å². The number of alkyl halides is 3. The van der Waals surface area contributed by atoms with Crippen molar-refractivity contribution in [2.75, 3.05) is 7.11 Å². The second-order valence-corrected chi connectivity index (χ2v) is 4.56. The molecule has 0 aromatic heterocycles. The number of hydrogen-bond donors (Lipinski definition) is 0. The van der Waals surface area contributed by atoms with Crippen molar-refractivity contribution in [1.82, 2.24) is 0 Å². The molecule has 0 fully saturated rings. The fraction of sp³-hybridized carbons (Fsp3) is 0.333. The summed E-state index contributed by atoms with van der Waals surface area (Å²) in [5, 5.41) is 0. The van der Waals surface area contributed by atoms with Crippen LogP contribution < -0.4 is 4.18 Å². The first kappa shape index (κ1) is 13.8. The zero-order chi connectivity index (χ0) is 13.1. The first-order valence-corrected chi connectivity index (χ1v) is 5.76. The highest BCUT2D eigenvalue weighted by molar-refractivity contribution is 7.88. The minimum absolute atomic E-state index is 0.0520. The number of halogens is 3. The number of benzene rings is 1. The molecule has 0 atom stereocenters. The summed E-state index contributed by atoms with van der Waals surface area (Å²) in [6.45, 7) is -0.0520. The van der Waals surface area contributed by atoms with E-state index in [1.54, 1.807) is 0 Å². The molecule has 1 aromatic carbocycles.